The fraction of sp³-hybridized carbons (Fsp3) is 0.440. The van der Waals surface area contributed by atoms with Crippen molar-refractivity contribution in [3.05, 3.63) is 71.3 Å². The summed E-state index contributed by atoms with van der Waals surface area (Å²) in [5, 5.41) is 13.1. The third-order valence-corrected chi connectivity index (χ3v) is 5.01. The van der Waals surface area contributed by atoms with Gasteiger partial charge < -0.3 is 21.3 Å². The van der Waals surface area contributed by atoms with E-state index in [9.17, 15) is 4.79 Å². The number of guanidine groups is 1. The molecule has 0 spiro atoms. The van der Waals surface area contributed by atoms with Crippen molar-refractivity contribution < 1.29 is 4.79 Å². The lowest BCUT2D eigenvalue weighted by molar-refractivity contribution is 0.0963. The van der Waals surface area contributed by atoms with E-state index in [0.717, 1.165) is 31.0 Å². The number of carbonyl (C=O) groups is 1. The van der Waals surface area contributed by atoms with Gasteiger partial charge in [0.25, 0.3) is 5.91 Å². The molecule has 0 radical (unpaired) electrons. The predicted molar refractivity (Wildman–Crippen MR) is 130 cm³/mol. The van der Waals surface area contributed by atoms with Gasteiger partial charge in [-0.2, -0.15) is 0 Å². The van der Waals surface area contributed by atoms with Crippen LogP contribution in [0.25, 0.3) is 0 Å². The Hall–Kier alpha value is -2.86. The molecule has 0 aliphatic carbocycles. The van der Waals surface area contributed by atoms with E-state index in [2.05, 4.69) is 73.2 Å². The molecule has 6 heteroatoms. The van der Waals surface area contributed by atoms with Crippen LogP contribution in [0.4, 0.5) is 0 Å². The number of hydrogen-bond acceptors (Lipinski definition) is 3. The van der Waals surface area contributed by atoms with E-state index in [0.29, 0.717) is 12.1 Å². The summed E-state index contributed by atoms with van der Waals surface area (Å²) in [6.07, 6.45) is 0.807. The SMILES string of the molecule is CCNC(=NCC(C)(C)NC(C)c1ccccc1)NCCc1cccc(C(=O)NC)c1. The van der Waals surface area contributed by atoms with Crippen LogP contribution in [-0.2, 0) is 6.42 Å². The minimum atomic E-state index is -0.153. The molecule has 6 nitrogen and oxygen atoms in total. The molecule has 0 bridgehead atoms. The largest absolute Gasteiger partial charge is 0.357 e. The van der Waals surface area contributed by atoms with E-state index in [1.165, 1.54) is 5.56 Å². The van der Waals surface area contributed by atoms with E-state index >= 15 is 0 Å². The lowest BCUT2D eigenvalue weighted by Crippen LogP contribution is -2.45. The molecule has 31 heavy (non-hydrogen) atoms. The number of rotatable bonds is 10. The van der Waals surface area contributed by atoms with E-state index in [-0.39, 0.29) is 17.5 Å². The van der Waals surface area contributed by atoms with Crippen LogP contribution in [0, 0.1) is 0 Å². The van der Waals surface area contributed by atoms with Gasteiger partial charge in [-0.25, -0.2) is 0 Å². The predicted octanol–water partition coefficient (Wildman–Crippen LogP) is 3.27. The molecular weight excluding hydrogens is 386 g/mol. The molecule has 2 aromatic rings. The summed E-state index contributed by atoms with van der Waals surface area (Å²) >= 11 is 0. The Morgan fingerprint density at radius 1 is 1.06 bits per heavy atom. The second kappa shape index (κ2) is 12.1. The molecule has 0 aliphatic rings. The van der Waals surface area contributed by atoms with Gasteiger partial charge in [0.15, 0.2) is 5.96 Å². The van der Waals surface area contributed by atoms with Crippen molar-refractivity contribution in [1.29, 1.82) is 0 Å². The van der Waals surface area contributed by atoms with Crippen LogP contribution in [0.5, 0.6) is 0 Å². The maximum Gasteiger partial charge on any atom is 0.251 e. The molecule has 0 saturated carbocycles. The summed E-state index contributed by atoms with van der Waals surface area (Å²) in [6.45, 7) is 10.8. The average molecular weight is 424 g/mol. The first-order valence-corrected chi connectivity index (χ1v) is 11.0. The molecule has 0 saturated heterocycles. The second-order valence-corrected chi connectivity index (χ2v) is 8.31. The lowest BCUT2D eigenvalue weighted by Gasteiger charge is -2.29. The summed E-state index contributed by atoms with van der Waals surface area (Å²) < 4.78 is 0. The molecule has 1 amide bonds. The monoisotopic (exact) mass is 423 g/mol. The van der Waals surface area contributed by atoms with Gasteiger partial charge in [-0.3, -0.25) is 9.79 Å². The summed E-state index contributed by atoms with van der Waals surface area (Å²) in [5.41, 5.74) is 2.91. The quantitative estimate of drug-likeness (QED) is 0.349. The van der Waals surface area contributed by atoms with Crippen molar-refractivity contribution in [2.24, 2.45) is 4.99 Å². The first-order chi connectivity index (χ1) is 14.8. The van der Waals surface area contributed by atoms with Gasteiger partial charge in [-0.1, -0.05) is 42.5 Å². The van der Waals surface area contributed by atoms with E-state index < -0.39 is 0 Å². The Morgan fingerprint density at radius 3 is 2.48 bits per heavy atom. The third-order valence-electron chi connectivity index (χ3n) is 5.01. The minimum Gasteiger partial charge on any atom is -0.357 e. The zero-order valence-corrected chi connectivity index (χ0v) is 19.5. The maximum absolute atomic E-state index is 11.8. The Morgan fingerprint density at radius 2 is 1.81 bits per heavy atom. The fourth-order valence-electron chi connectivity index (χ4n) is 3.41. The molecule has 0 heterocycles. The molecule has 4 N–H and O–H groups in total. The maximum atomic E-state index is 11.8. The zero-order chi connectivity index (χ0) is 22.7. The van der Waals surface area contributed by atoms with Crippen molar-refractivity contribution in [2.45, 2.75) is 45.7 Å². The first-order valence-electron chi connectivity index (χ1n) is 11.0. The molecule has 0 aromatic heterocycles. The molecule has 168 valence electrons. The van der Waals surface area contributed by atoms with Crippen molar-refractivity contribution in [1.82, 2.24) is 21.3 Å². The summed E-state index contributed by atoms with van der Waals surface area (Å²) in [4.78, 5) is 16.6. The van der Waals surface area contributed by atoms with Crippen LogP contribution in [0.2, 0.25) is 0 Å². The minimum absolute atomic E-state index is 0.0656. The molecule has 0 fully saturated rings. The van der Waals surface area contributed by atoms with Crippen molar-refractivity contribution in [2.75, 3.05) is 26.7 Å². The van der Waals surface area contributed by atoms with Crippen LogP contribution in [0.3, 0.4) is 0 Å². The molecule has 2 aromatic carbocycles. The van der Waals surface area contributed by atoms with E-state index in [1.807, 2.05) is 30.3 Å². The van der Waals surface area contributed by atoms with Crippen LogP contribution < -0.4 is 21.3 Å². The Labute approximate surface area is 186 Å². The van der Waals surface area contributed by atoms with Gasteiger partial charge in [-0.05, 0) is 57.4 Å². The average Bonchev–Trinajstić information content (AvgIpc) is 2.77. The second-order valence-electron chi connectivity index (χ2n) is 8.31. The number of carbonyl (C=O) groups excluding carboxylic acids is 1. The van der Waals surface area contributed by atoms with Crippen molar-refractivity contribution >= 4 is 11.9 Å². The number of hydrogen-bond donors (Lipinski definition) is 4. The molecule has 0 aliphatic heterocycles. The number of amides is 1. The van der Waals surface area contributed by atoms with Crippen molar-refractivity contribution in [3.63, 3.8) is 0 Å². The van der Waals surface area contributed by atoms with Crippen molar-refractivity contribution in [3.8, 4) is 0 Å². The fourth-order valence-corrected chi connectivity index (χ4v) is 3.41. The van der Waals surface area contributed by atoms with E-state index in [1.54, 1.807) is 7.05 Å². The highest BCUT2D eigenvalue weighted by Crippen LogP contribution is 2.16. The molecule has 1 atom stereocenters. The molecule has 1 unspecified atom stereocenters. The van der Waals surface area contributed by atoms with Gasteiger partial charge in [0.2, 0.25) is 0 Å². The Bertz CT molecular complexity index is 848. The normalized spacial score (nSPS) is 12.9. The summed E-state index contributed by atoms with van der Waals surface area (Å²) in [5.74, 6) is 0.733. The van der Waals surface area contributed by atoms with Crippen LogP contribution in [0.1, 0.15) is 55.2 Å². The van der Waals surface area contributed by atoms with Gasteiger partial charge in [-0.15, -0.1) is 0 Å². The van der Waals surface area contributed by atoms with Gasteiger partial charge in [0, 0.05) is 37.3 Å². The smallest absolute Gasteiger partial charge is 0.251 e. The van der Waals surface area contributed by atoms with Crippen LogP contribution in [0.15, 0.2) is 59.6 Å². The topological polar surface area (TPSA) is 77.6 Å². The highest BCUT2D eigenvalue weighted by atomic mass is 16.1. The first kappa shape index (κ1) is 24.4. The highest BCUT2D eigenvalue weighted by molar-refractivity contribution is 5.94. The number of aliphatic imine (C=N–C) groups is 1. The van der Waals surface area contributed by atoms with Gasteiger partial charge >= 0.3 is 0 Å². The highest BCUT2D eigenvalue weighted by Gasteiger charge is 2.20. The van der Waals surface area contributed by atoms with E-state index in [4.69, 9.17) is 4.99 Å². The van der Waals surface area contributed by atoms with Gasteiger partial charge in [0.05, 0.1) is 6.54 Å². The lowest BCUT2D eigenvalue weighted by atomic mass is 10.0. The summed E-state index contributed by atoms with van der Waals surface area (Å²) in [7, 11) is 1.65. The van der Waals surface area contributed by atoms with Gasteiger partial charge in [0.1, 0.15) is 0 Å². The molecular formula is C25H37N5O. The molecule has 2 rings (SSSR count). The third kappa shape index (κ3) is 8.42. The number of nitrogens with zero attached hydrogens (tertiary/aromatic N) is 1. The number of benzene rings is 2. The van der Waals surface area contributed by atoms with Crippen LogP contribution >= 0.6 is 0 Å². The van der Waals surface area contributed by atoms with Crippen LogP contribution in [-0.4, -0.2) is 44.1 Å². The Balaban J connectivity index is 1.91. The zero-order valence-electron chi connectivity index (χ0n) is 19.5. The Kier molecular flexibility index (Phi) is 9.53. The number of nitrogens with one attached hydrogen (secondary N) is 4. The standard InChI is InChI=1S/C25H37N5O/c1-6-27-24(28-16-15-20-11-10-14-22(17-20)23(31)26-5)29-18-25(3,4)30-19(2)21-12-8-7-9-13-21/h7-14,17,19,30H,6,15-16,18H2,1-5H3,(H,26,31)(H2,27,28,29). The summed E-state index contributed by atoms with van der Waals surface area (Å²) in [6, 6.07) is 18.4.